The van der Waals surface area contributed by atoms with Crippen molar-refractivity contribution in [3.8, 4) is 5.75 Å². The molecular formula is C18H14Cl3N3O2. The summed E-state index contributed by atoms with van der Waals surface area (Å²) in [5, 5.41) is 1.44. The second-order valence-electron chi connectivity index (χ2n) is 5.96. The van der Waals surface area contributed by atoms with Gasteiger partial charge >= 0.3 is 0 Å². The number of nitrogens with zero attached hydrogens (tertiary/aromatic N) is 3. The number of carbonyl (C=O) groups is 1. The summed E-state index contributed by atoms with van der Waals surface area (Å²) in [5.74, 6) is 1.25. The lowest BCUT2D eigenvalue weighted by atomic mass is 10.2. The molecule has 0 atom stereocenters. The molecule has 0 amide bonds. The molecule has 0 aliphatic carbocycles. The number of hydrogen-bond acceptors (Lipinski definition) is 4. The minimum atomic E-state index is 0.469. The van der Waals surface area contributed by atoms with Crippen LogP contribution in [0.1, 0.15) is 16.8 Å². The van der Waals surface area contributed by atoms with Gasteiger partial charge in [-0.3, -0.25) is 4.79 Å². The number of halogens is 3. The highest BCUT2D eigenvalue weighted by Gasteiger charge is 2.28. The van der Waals surface area contributed by atoms with Crippen LogP contribution in [0.2, 0.25) is 15.1 Å². The molecule has 1 aliphatic heterocycles. The quantitative estimate of drug-likeness (QED) is 0.545. The lowest BCUT2D eigenvalue weighted by Crippen LogP contribution is -2.28. The van der Waals surface area contributed by atoms with Crippen LogP contribution in [0, 0.1) is 0 Å². The first-order valence-electron chi connectivity index (χ1n) is 7.99. The summed E-state index contributed by atoms with van der Waals surface area (Å²) in [6.45, 7) is 1.43. The molecule has 0 fully saturated rings. The van der Waals surface area contributed by atoms with Crippen LogP contribution in [0.3, 0.4) is 0 Å². The Balaban J connectivity index is 1.96. The van der Waals surface area contributed by atoms with Gasteiger partial charge in [-0.2, -0.15) is 0 Å². The van der Waals surface area contributed by atoms with Gasteiger partial charge < -0.3 is 14.2 Å². The fourth-order valence-corrected chi connectivity index (χ4v) is 4.22. The number of carbonyl (C=O) groups excluding carboxylic acids is 1. The fourth-order valence-electron chi connectivity index (χ4n) is 3.35. The molecule has 2 aromatic carbocycles. The summed E-state index contributed by atoms with van der Waals surface area (Å²) < 4.78 is 7.21. The number of imidazole rings is 1. The first kappa shape index (κ1) is 17.5. The molecule has 3 aromatic rings. The summed E-state index contributed by atoms with van der Waals surface area (Å²) >= 11 is 19.3. The molecular weight excluding hydrogens is 397 g/mol. The van der Waals surface area contributed by atoms with E-state index in [2.05, 4.69) is 0 Å². The van der Waals surface area contributed by atoms with Gasteiger partial charge in [0.1, 0.15) is 11.3 Å². The highest BCUT2D eigenvalue weighted by atomic mass is 35.5. The van der Waals surface area contributed by atoms with E-state index in [4.69, 9.17) is 44.5 Å². The van der Waals surface area contributed by atoms with Gasteiger partial charge in [-0.25, -0.2) is 4.98 Å². The van der Waals surface area contributed by atoms with E-state index in [1.807, 2.05) is 9.47 Å². The number of ether oxygens (including phenoxy) is 1. The molecule has 26 heavy (non-hydrogen) atoms. The van der Waals surface area contributed by atoms with Crippen molar-refractivity contribution in [2.45, 2.75) is 13.0 Å². The molecule has 4 rings (SSSR count). The maximum atomic E-state index is 11.5. The topological polar surface area (TPSA) is 47.4 Å². The van der Waals surface area contributed by atoms with Crippen LogP contribution < -0.4 is 9.64 Å². The molecule has 0 saturated carbocycles. The van der Waals surface area contributed by atoms with E-state index in [0.717, 1.165) is 24.8 Å². The second kappa shape index (κ2) is 6.65. The van der Waals surface area contributed by atoms with Crippen LogP contribution in [0.25, 0.3) is 11.0 Å². The number of aromatic nitrogens is 2. The van der Waals surface area contributed by atoms with Crippen LogP contribution in [-0.4, -0.2) is 29.5 Å². The highest BCUT2D eigenvalue weighted by Crippen LogP contribution is 2.43. The Labute approximate surface area is 165 Å². The first-order valence-corrected chi connectivity index (χ1v) is 9.13. The Morgan fingerprint density at radius 1 is 1.12 bits per heavy atom. The SMILES string of the molecule is COc1cc(Cl)c(N2CCCn3c2nc2c(Cl)ccc(C=O)c23)c(Cl)c1. The molecule has 0 radical (unpaired) electrons. The van der Waals surface area contributed by atoms with E-state index < -0.39 is 0 Å². The number of methoxy groups -OCH3 is 1. The minimum Gasteiger partial charge on any atom is -0.497 e. The second-order valence-corrected chi connectivity index (χ2v) is 7.18. The average Bonchev–Trinajstić information content (AvgIpc) is 3.03. The van der Waals surface area contributed by atoms with Crippen LogP contribution in [0.15, 0.2) is 24.3 Å². The van der Waals surface area contributed by atoms with Crippen LogP contribution in [-0.2, 0) is 6.54 Å². The van der Waals surface area contributed by atoms with Gasteiger partial charge in [-0.15, -0.1) is 0 Å². The maximum absolute atomic E-state index is 11.5. The van der Waals surface area contributed by atoms with E-state index in [0.29, 0.717) is 50.1 Å². The van der Waals surface area contributed by atoms with E-state index in [1.165, 1.54) is 0 Å². The van der Waals surface area contributed by atoms with Gasteiger partial charge in [-0.1, -0.05) is 34.8 Å². The number of aryl methyl sites for hydroxylation is 1. The van der Waals surface area contributed by atoms with Gasteiger partial charge in [0.15, 0.2) is 6.29 Å². The molecule has 1 aliphatic rings. The number of anilines is 2. The Morgan fingerprint density at radius 2 is 1.85 bits per heavy atom. The van der Waals surface area contributed by atoms with Gasteiger partial charge in [0.25, 0.3) is 0 Å². The Hall–Kier alpha value is -1.95. The lowest BCUT2D eigenvalue weighted by Gasteiger charge is -2.30. The number of hydrogen-bond donors (Lipinski definition) is 0. The van der Waals surface area contributed by atoms with Crippen molar-refractivity contribution in [1.82, 2.24) is 9.55 Å². The van der Waals surface area contributed by atoms with E-state index in [-0.39, 0.29) is 0 Å². The Kier molecular flexibility index (Phi) is 4.47. The zero-order chi connectivity index (χ0) is 18.4. The van der Waals surface area contributed by atoms with E-state index in [1.54, 1.807) is 31.4 Å². The first-order chi connectivity index (χ1) is 12.5. The number of fused-ring (bicyclic) bond motifs is 3. The Bertz CT molecular complexity index is 1010. The third kappa shape index (κ3) is 2.62. The number of aldehydes is 1. The molecule has 0 spiro atoms. The smallest absolute Gasteiger partial charge is 0.211 e. The fraction of sp³-hybridized carbons (Fsp3) is 0.222. The molecule has 8 heteroatoms. The minimum absolute atomic E-state index is 0.469. The summed E-state index contributed by atoms with van der Waals surface area (Å²) in [7, 11) is 1.56. The van der Waals surface area contributed by atoms with E-state index >= 15 is 0 Å². The van der Waals surface area contributed by atoms with Crippen molar-refractivity contribution in [3.05, 3.63) is 44.9 Å². The molecule has 0 unspecified atom stereocenters. The number of benzene rings is 2. The molecule has 134 valence electrons. The van der Waals surface area contributed by atoms with Crippen molar-refractivity contribution < 1.29 is 9.53 Å². The summed E-state index contributed by atoms with van der Waals surface area (Å²) in [6, 6.07) is 6.83. The average molecular weight is 411 g/mol. The summed E-state index contributed by atoms with van der Waals surface area (Å²) in [6.07, 6.45) is 1.67. The standard InChI is InChI=1S/C18H14Cl3N3O2/c1-26-11-7-13(20)17(14(21)8-11)24-6-2-5-23-16-10(9-25)3-4-12(19)15(16)22-18(23)24/h3-4,7-9H,2,5-6H2,1H3. The Morgan fingerprint density at radius 3 is 2.50 bits per heavy atom. The van der Waals surface area contributed by atoms with Gasteiger partial charge in [0, 0.05) is 30.8 Å². The summed E-state index contributed by atoms with van der Waals surface area (Å²) in [4.78, 5) is 18.1. The third-order valence-corrected chi connectivity index (χ3v) is 5.37. The van der Waals surface area contributed by atoms with Crippen molar-refractivity contribution in [1.29, 1.82) is 0 Å². The summed E-state index contributed by atoms with van der Waals surface area (Å²) in [5.41, 5.74) is 2.54. The molecule has 2 heterocycles. The molecule has 0 saturated heterocycles. The van der Waals surface area contributed by atoms with Crippen molar-refractivity contribution in [2.24, 2.45) is 0 Å². The predicted molar refractivity (Wildman–Crippen MR) is 105 cm³/mol. The van der Waals surface area contributed by atoms with Crippen molar-refractivity contribution >= 4 is 63.8 Å². The molecule has 0 N–H and O–H groups in total. The number of rotatable bonds is 3. The lowest BCUT2D eigenvalue weighted by molar-refractivity contribution is 0.112. The van der Waals surface area contributed by atoms with Crippen molar-refractivity contribution in [2.75, 3.05) is 18.6 Å². The molecule has 1 aromatic heterocycles. The predicted octanol–water partition coefficient (Wildman–Crippen LogP) is 5.36. The monoisotopic (exact) mass is 409 g/mol. The largest absolute Gasteiger partial charge is 0.497 e. The third-order valence-electron chi connectivity index (χ3n) is 4.48. The van der Waals surface area contributed by atoms with Crippen LogP contribution in [0.5, 0.6) is 5.75 Å². The highest BCUT2D eigenvalue weighted by molar-refractivity contribution is 6.39. The van der Waals surface area contributed by atoms with E-state index in [9.17, 15) is 4.79 Å². The molecule has 0 bridgehead atoms. The maximum Gasteiger partial charge on any atom is 0.211 e. The van der Waals surface area contributed by atoms with Gasteiger partial charge in [-0.05, 0) is 18.6 Å². The zero-order valence-corrected chi connectivity index (χ0v) is 16.1. The molecule has 5 nitrogen and oxygen atoms in total. The van der Waals surface area contributed by atoms with Crippen LogP contribution >= 0.6 is 34.8 Å². The van der Waals surface area contributed by atoms with Crippen LogP contribution in [0.4, 0.5) is 11.6 Å². The zero-order valence-electron chi connectivity index (χ0n) is 13.8. The van der Waals surface area contributed by atoms with Gasteiger partial charge in [0.05, 0.1) is 33.4 Å². The normalized spacial score (nSPS) is 13.8. The van der Waals surface area contributed by atoms with Gasteiger partial charge in [0.2, 0.25) is 5.95 Å². The van der Waals surface area contributed by atoms with Crippen molar-refractivity contribution in [3.63, 3.8) is 0 Å².